The van der Waals surface area contributed by atoms with Crippen LogP contribution in [0.25, 0.3) is 11.3 Å². The van der Waals surface area contributed by atoms with Crippen molar-refractivity contribution in [2.45, 2.75) is 6.42 Å². The lowest BCUT2D eigenvalue weighted by atomic mass is 10.1. The molecule has 0 radical (unpaired) electrons. The topological polar surface area (TPSA) is 63.2 Å². The molecule has 0 atom stereocenters. The minimum Gasteiger partial charge on any atom is -0.493 e. The SMILES string of the molecule is CNCC(=O)Nc1cccc(-c2ccc3c(c2)CCO3)n1.Cl. The predicted octanol–water partition coefficient (Wildman–Crippen LogP) is 2.26. The van der Waals surface area contributed by atoms with Crippen molar-refractivity contribution in [2.75, 3.05) is 25.5 Å². The van der Waals surface area contributed by atoms with E-state index in [2.05, 4.69) is 21.7 Å². The molecule has 1 amide bonds. The number of rotatable bonds is 4. The lowest BCUT2D eigenvalue weighted by Gasteiger charge is -2.07. The molecule has 1 aromatic heterocycles. The van der Waals surface area contributed by atoms with E-state index in [1.165, 1.54) is 5.56 Å². The molecule has 0 spiro atoms. The van der Waals surface area contributed by atoms with Crippen LogP contribution in [0.4, 0.5) is 5.82 Å². The predicted molar refractivity (Wildman–Crippen MR) is 88.7 cm³/mol. The van der Waals surface area contributed by atoms with Gasteiger partial charge in [0.15, 0.2) is 0 Å². The Morgan fingerprint density at radius 3 is 3.00 bits per heavy atom. The average molecular weight is 320 g/mol. The number of carbonyl (C=O) groups excluding carboxylic acids is 1. The number of ether oxygens (including phenoxy) is 1. The molecule has 6 heteroatoms. The van der Waals surface area contributed by atoms with E-state index < -0.39 is 0 Å². The van der Waals surface area contributed by atoms with Gasteiger partial charge in [0.05, 0.1) is 18.8 Å². The summed E-state index contributed by atoms with van der Waals surface area (Å²) in [4.78, 5) is 16.1. The summed E-state index contributed by atoms with van der Waals surface area (Å²) in [5, 5.41) is 5.58. The first-order chi connectivity index (χ1) is 10.3. The Balaban J connectivity index is 0.00000176. The molecule has 0 fully saturated rings. The minimum absolute atomic E-state index is 0. The highest BCUT2D eigenvalue weighted by atomic mass is 35.5. The van der Waals surface area contributed by atoms with Crippen molar-refractivity contribution < 1.29 is 9.53 Å². The summed E-state index contributed by atoms with van der Waals surface area (Å²) >= 11 is 0. The molecule has 0 bridgehead atoms. The fourth-order valence-corrected chi connectivity index (χ4v) is 2.36. The van der Waals surface area contributed by atoms with E-state index in [-0.39, 0.29) is 24.9 Å². The minimum atomic E-state index is -0.107. The summed E-state index contributed by atoms with van der Waals surface area (Å²) in [5.74, 6) is 1.41. The number of aromatic nitrogens is 1. The van der Waals surface area contributed by atoms with Crippen LogP contribution in [-0.4, -0.2) is 31.1 Å². The van der Waals surface area contributed by atoms with Gasteiger partial charge in [0, 0.05) is 12.0 Å². The van der Waals surface area contributed by atoms with E-state index in [9.17, 15) is 4.79 Å². The van der Waals surface area contributed by atoms with Gasteiger partial charge in [-0.3, -0.25) is 4.79 Å². The molecular weight excluding hydrogens is 302 g/mol. The molecule has 2 heterocycles. The number of hydrogen-bond donors (Lipinski definition) is 2. The van der Waals surface area contributed by atoms with E-state index >= 15 is 0 Å². The number of hydrogen-bond acceptors (Lipinski definition) is 4. The molecular formula is C16H18ClN3O2. The van der Waals surface area contributed by atoms with Gasteiger partial charge in [-0.1, -0.05) is 6.07 Å². The average Bonchev–Trinajstić information content (AvgIpc) is 2.95. The van der Waals surface area contributed by atoms with Crippen LogP contribution in [0.15, 0.2) is 36.4 Å². The Hall–Kier alpha value is -2.11. The van der Waals surface area contributed by atoms with E-state index in [4.69, 9.17) is 4.74 Å². The number of anilines is 1. The highest BCUT2D eigenvalue weighted by Gasteiger charge is 2.13. The summed E-state index contributed by atoms with van der Waals surface area (Å²) < 4.78 is 5.51. The van der Waals surface area contributed by atoms with Crippen molar-refractivity contribution in [3.8, 4) is 17.0 Å². The Morgan fingerprint density at radius 2 is 2.18 bits per heavy atom. The van der Waals surface area contributed by atoms with Gasteiger partial charge in [0.2, 0.25) is 5.91 Å². The van der Waals surface area contributed by atoms with Gasteiger partial charge < -0.3 is 15.4 Å². The van der Waals surface area contributed by atoms with Gasteiger partial charge >= 0.3 is 0 Å². The molecule has 0 unspecified atom stereocenters. The number of likely N-dealkylation sites (N-methyl/N-ethyl adjacent to an activating group) is 1. The van der Waals surface area contributed by atoms with Crippen LogP contribution < -0.4 is 15.4 Å². The third-order valence-corrected chi connectivity index (χ3v) is 3.34. The zero-order chi connectivity index (χ0) is 14.7. The van der Waals surface area contributed by atoms with Gasteiger partial charge in [-0.05, 0) is 42.9 Å². The van der Waals surface area contributed by atoms with Crippen molar-refractivity contribution in [3.05, 3.63) is 42.0 Å². The number of benzene rings is 1. The Labute approximate surface area is 135 Å². The first-order valence-electron chi connectivity index (χ1n) is 6.94. The highest BCUT2D eigenvalue weighted by Crippen LogP contribution is 2.30. The van der Waals surface area contributed by atoms with E-state index in [1.807, 2.05) is 24.3 Å². The monoisotopic (exact) mass is 319 g/mol. The van der Waals surface area contributed by atoms with Crippen molar-refractivity contribution in [1.29, 1.82) is 0 Å². The van der Waals surface area contributed by atoms with Gasteiger partial charge in [-0.2, -0.15) is 0 Å². The number of carbonyl (C=O) groups is 1. The molecule has 116 valence electrons. The van der Waals surface area contributed by atoms with E-state index in [0.717, 1.165) is 30.0 Å². The van der Waals surface area contributed by atoms with Crippen LogP contribution in [0.5, 0.6) is 5.75 Å². The summed E-state index contributed by atoms with van der Waals surface area (Å²) in [7, 11) is 1.73. The Bertz CT molecular complexity index is 676. The van der Waals surface area contributed by atoms with E-state index in [1.54, 1.807) is 13.1 Å². The molecule has 1 aliphatic heterocycles. The maximum Gasteiger partial charge on any atom is 0.239 e. The lowest BCUT2D eigenvalue weighted by Crippen LogP contribution is -2.25. The molecule has 22 heavy (non-hydrogen) atoms. The number of pyridine rings is 1. The smallest absolute Gasteiger partial charge is 0.239 e. The molecule has 5 nitrogen and oxygen atoms in total. The molecule has 2 aromatic rings. The molecule has 1 aromatic carbocycles. The number of fused-ring (bicyclic) bond motifs is 1. The third kappa shape index (κ3) is 3.55. The normalized spacial score (nSPS) is 12.0. The lowest BCUT2D eigenvalue weighted by molar-refractivity contribution is -0.115. The van der Waals surface area contributed by atoms with Crippen LogP contribution in [0.3, 0.4) is 0 Å². The van der Waals surface area contributed by atoms with Crippen LogP contribution in [0.1, 0.15) is 5.56 Å². The van der Waals surface area contributed by atoms with E-state index in [0.29, 0.717) is 5.82 Å². The maximum atomic E-state index is 11.6. The first kappa shape index (κ1) is 16.3. The second-order valence-corrected chi connectivity index (χ2v) is 4.91. The van der Waals surface area contributed by atoms with Crippen molar-refractivity contribution >= 4 is 24.1 Å². The maximum absolute atomic E-state index is 11.6. The van der Waals surface area contributed by atoms with Gasteiger partial charge in [-0.15, -0.1) is 12.4 Å². The molecule has 3 rings (SSSR count). The molecule has 0 aliphatic carbocycles. The molecule has 2 N–H and O–H groups in total. The second kappa shape index (κ2) is 7.24. The van der Waals surface area contributed by atoms with Gasteiger partial charge in [-0.25, -0.2) is 4.98 Å². The Kier molecular flexibility index (Phi) is 5.35. The number of nitrogens with zero attached hydrogens (tertiary/aromatic N) is 1. The number of nitrogens with one attached hydrogen (secondary N) is 2. The number of amides is 1. The van der Waals surface area contributed by atoms with Crippen LogP contribution in [-0.2, 0) is 11.2 Å². The van der Waals surface area contributed by atoms with Gasteiger partial charge in [0.1, 0.15) is 11.6 Å². The summed E-state index contributed by atoms with van der Waals surface area (Å²) in [5.41, 5.74) is 3.08. The fourth-order valence-electron chi connectivity index (χ4n) is 2.36. The van der Waals surface area contributed by atoms with Crippen molar-refractivity contribution in [1.82, 2.24) is 10.3 Å². The van der Waals surface area contributed by atoms with Crippen molar-refractivity contribution in [2.24, 2.45) is 0 Å². The quantitative estimate of drug-likeness (QED) is 0.907. The van der Waals surface area contributed by atoms with Crippen LogP contribution >= 0.6 is 12.4 Å². The second-order valence-electron chi connectivity index (χ2n) is 4.91. The molecule has 0 saturated heterocycles. The molecule has 1 aliphatic rings. The standard InChI is InChI=1S/C16H17N3O2.ClH/c1-17-10-16(20)19-15-4-2-3-13(18-15)11-5-6-14-12(9-11)7-8-21-14;/h2-6,9,17H,7-8,10H2,1H3,(H,18,19,20);1H. The largest absolute Gasteiger partial charge is 0.493 e. The van der Waals surface area contributed by atoms with Crippen LogP contribution in [0, 0.1) is 0 Å². The number of halogens is 1. The zero-order valence-electron chi connectivity index (χ0n) is 12.3. The fraction of sp³-hybridized carbons (Fsp3) is 0.250. The third-order valence-electron chi connectivity index (χ3n) is 3.34. The highest BCUT2D eigenvalue weighted by molar-refractivity contribution is 5.91. The summed E-state index contributed by atoms with van der Waals surface area (Å²) in [6.45, 7) is 1.01. The van der Waals surface area contributed by atoms with Gasteiger partial charge in [0.25, 0.3) is 0 Å². The zero-order valence-corrected chi connectivity index (χ0v) is 13.1. The Morgan fingerprint density at radius 1 is 1.32 bits per heavy atom. The summed E-state index contributed by atoms with van der Waals surface area (Å²) in [6.07, 6.45) is 0.932. The summed E-state index contributed by atoms with van der Waals surface area (Å²) in [6, 6.07) is 11.7. The molecule has 0 saturated carbocycles. The first-order valence-corrected chi connectivity index (χ1v) is 6.94. The van der Waals surface area contributed by atoms with Crippen LogP contribution in [0.2, 0.25) is 0 Å². The van der Waals surface area contributed by atoms with Crippen molar-refractivity contribution in [3.63, 3.8) is 0 Å².